The minimum absolute atomic E-state index is 0.232. The number of hydrogen-bond acceptors (Lipinski definition) is 4. The van der Waals surface area contributed by atoms with Gasteiger partial charge in [-0.1, -0.05) is 72.3 Å². The molecule has 0 saturated carbocycles. The smallest absolute Gasteiger partial charge is 0.319 e. The van der Waals surface area contributed by atoms with Crippen molar-refractivity contribution >= 4 is 44.8 Å². The van der Waals surface area contributed by atoms with Crippen molar-refractivity contribution in [3.05, 3.63) is 114 Å². The zero-order valence-corrected chi connectivity index (χ0v) is 22.1. The molecular weight excluding hydrogens is 522 g/mol. The Labute approximate surface area is 226 Å². The zero-order valence-electron chi connectivity index (χ0n) is 20.5. The Kier molecular flexibility index (Phi) is 8.45. The van der Waals surface area contributed by atoms with Crippen molar-refractivity contribution in [3.63, 3.8) is 0 Å². The van der Waals surface area contributed by atoms with Crippen molar-refractivity contribution in [1.82, 2.24) is 5.32 Å². The highest BCUT2D eigenvalue weighted by atomic mass is 35.5. The van der Waals surface area contributed by atoms with Gasteiger partial charge in [-0.3, -0.25) is 4.79 Å². The van der Waals surface area contributed by atoms with Crippen LogP contribution in [0.1, 0.15) is 5.56 Å². The molecule has 0 heterocycles. The lowest BCUT2D eigenvalue weighted by atomic mass is 10.0. The molecule has 0 bridgehead atoms. The van der Waals surface area contributed by atoms with E-state index in [9.17, 15) is 18.0 Å². The average Bonchev–Trinajstić information content (AvgIpc) is 2.90. The summed E-state index contributed by atoms with van der Waals surface area (Å²) in [5, 5.41) is 8.85. The fourth-order valence-corrected chi connectivity index (χ4v) is 4.95. The highest BCUT2D eigenvalue weighted by Gasteiger charge is 2.22. The summed E-state index contributed by atoms with van der Waals surface area (Å²) in [6.45, 7) is 0. The van der Waals surface area contributed by atoms with Crippen molar-refractivity contribution in [2.24, 2.45) is 0 Å². The van der Waals surface area contributed by atoms with E-state index < -0.39 is 27.8 Å². The molecule has 7 nitrogen and oxygen atoms in total. The summed E-state index contributed by atoms with van der Waals surface area (Å²) in [4.78, 5) is 26.2. The van der Waals surface area contributed by atoms with Gasteiger partial charge in [0.2, 0.25) is 5.91 Å². The summed E-state index contributed by atoms with van der Waals surface area (Å²) in [6, 6.07) is 28.2. The summed E-state index contributed by atoms with van der Waals surface area (Å²) in [7, 11) is -3.41. The van der Waals surface area contributed by atoms with Crippen LogP contribution in [0.2, 0.25) is 5.02 Å². The maximum atomic E-state index is 13.2. The van der Waals surface area contributed by atoms with E-state index in [-0.39, 0.29) is 11.3 Å². The molecule has 0 aromatic heterocycles. The highest BCUT2D eigenvalue weighted by Crippen LogP contribution is 2.28. The molecule has 0 aliphatic heterocycles. The van der Waals surface area contributed by atoms with Crippen LogP contribution < -0.4 is 16.0 Å². The van der Waals surface area contributed by atoms with Crippen LogP contribution in [0.5, 0.6) is 0 Å². The molecule has 4 rings (SSSR count). The summed E-state index contributed by atoms with van der Waals surface area (Å²) >= 11 is 5.91. The number of hydrogen-bond donors (Lipinski definition) is 3. The van der Waals surface area contributed by atoms with Gasteiger partial charge < -0.3 is 16.0 Å². The monoisotopic (exact) mass is 547 g/mol. The molecule has 0 aliphatic rings. The van der Waals surface area contributed by atoms with E-state index in [4.69, 9.17) is 11.6 Å². The zero-order chi connectivity index (χ0) is 27.1. The Hall–Kier alpha value is -4.14. The van der Waals surface area contributed by atoms with Crippen LogP contribution in [0, 0.1) is 0 Å². The number of carbonyl (C=O) groups is 2. The van der Waals surface area contributed by atoms with Gasteiger partial charge >= 0.3 is 6.03 Å². The Morgan fingerprint density at radius 1 is 0.763 bits per heavy atom. The number of benzene rings is 4. The molecule has 0 aliphatic carbocycles. The number of sulfone groups is 1. The van der Waals surface area contributed by atoms with Crippen LogP contribution in [0.25, 0.3) is 11.1 Å². The van der Waals surface area contributed by atoms with Crippen LogP contribution in [0.4, 0.5) is 16.2 Å². The first kappa shape index (κ1) is 26.9. The Balaban J connectivity index is 1.50. The molecule has 0 saturated heterocycles. The lowest BCUT2D eigenvalue weighted by Crippen LogP contribution is -2.46. The topological polar surface area (TPSA) is 104 Å². The number of anilines is 2. The Morgan fingerprint density at radius 2 is 1.34 bits per heavy atom. The third-order valence-corrected chi connectivity index (χ3v) is 7.16. The maximum absolute atomic E-state index is 13.2. The van der Waals surface area contributed by atoms with E-state index in [0.29, 0.717) is 27.5 Å². The standard InChI is InChI=1S/C29H26ClN3O4S/c1-38(36,37)27-10-6-5-9-25(27)21-11-15-23(16-12-21)31-28(34)26(19-20-7-3-2-4-8-20)33-29(35)32-24-17-13-22(30)14-18-24/h2-18,26H,19H2,1H3,(H,31,34)(H2,32,33,35)/t26-/m1/s1. The van der Waals surface area contributed by atoms with Crippen LogP contribution in [0.15, 0.2) is 108 Å². The number of rotatable bonds is 8. The average molecular weight is 548 g/mol. The van der Waals surface area contributed by atoms with Gasteiger partial charge in [0.1, 0.15) is 6.04 Å². The van der Waals surface area contributed by atoms with E-state index >= 15 is 0 Å². The van der Waals surface area contributed by atoms with E-state index in [2.05, 4.69) is 16.0 Å². The first-order valence-corrected chi connectivity index (χ1v) is 14.0. The van der Waals surface area contributed by atoms with E-state index in [0.717, 1.165) is 5.56 Å². The van der Waals surface area contributed by atoms with Gasteiger partial charge in [0.15, 0.2) is 9.84 Å². The van der Waals surface area contributed by atoms with Crippen molar-refractivity contribution < 1.29 is 18.0 Å². The van der Waals surface area contributed by atoms with Crippen LogP contribution in [-0.2, 0) is 21.1 Å². The van der Waals surface area contributed by atoms with Crippen molar-refractivity contribution in [2.75, 3.05) is 16.9 Å². The summed E-state index contributed by atoms with van der Waals surface area (Å²) in [5.41, 5.74) is 3.21. The summed E-state index contributed by atoms with van der Waals surface area (Å²) in [6.07, 6.45) is 1.45. The van der Waals surface area contributed by atoms with Gasteiger partial charge in [-0.05, 0) is 53.6 Å². The van der Waals surface area contributed by atoms with E-state index in [1.165, 1.54) is 6.26 Å². The van der Waals surface area contributed by atoms with Crippen molar-refractivity contribution in [3.8, 4) is 11.1 Å². The molecule has 3 N–H and O–H groups in total. The number of amides is 3. The second kappa shape index (κ2) is 11.9. The van der Waals surface area contributed by atoms with Crippen molar-refractivity contribution in [2.45, 2.75) is 17.4 Å². The minimum Gasteiger partial charge on any atom is -0.326 e. The molecule has 4 aromatic carbocycles. The predicted octanol–water partition coefficient (Wildman–Crippen LogP) is 5.78. The lowest BCUT2D eigenvalue weighted by Gasteiger charge is -2.19. The first-order valence-electron chi connectivity index (χ1n) is 11.8. The van der Waals surface area contributed by atoms with Gasteiger partial charge in [-0.15, -0.1) is 0 Å². The fourth-order valence-electron chi connectivity index (χ4n) is 3.91. The fraction of sp³-hybridized carbons (Fsp3) is 0.103. The normalized spacial score (nSPS) is 11.8. The molecule has 1 atom stereocenters. The second-order valence-corrected chi connectivity index (χ2v) is 11.1. The summed E-state index contributed by atoms with van der Waals surface area (Å²) in [5.74, 6) is -0.399. The lowest BCUT2D eigenvalue weighted by molar-refractivity contribution is -0.117. The number of carbonyl (C=O) groups excluding carboxylic acids is 2. The maximum Gasteiger partial charge on any atom is 0.319 e. The van der Waals surface area contributed by atoms with Crippen LogP contribution in [-0.4, -0.2) is 32.7 Å². The van der Waals surface area contributed by atoms with Gasteiger partial charge in [-0.2, -0.15) is 0 Å². The molecule has 0 fully saturated rings. The minimum atomic E-state index is -3.41. The van der Waals surface area contributed by atoms with Gasteiger partial charge in [-0.25, -0.2) is 13.2 Å². The van der Waals surface area contributed by atoms with E-state index in [1.807, 2.05) is 30.3 Å². The first-order chi connectivity index (χ1) is 18.2. The molecule has 3 amide bonds. The van der Waals surface area contributed by atoms with Gasteiger partial charge in [0.25, 0.3) is 0 Å². The number of nitrogens with one attached hydrogen (secondary N) is 3. The molecular formula is C29H26ClN3O4S. The quantitative estimate of drug-likeness (QED) is 0.260. The Morgan fingerprint density at radius 3 is 2.00 bits per heavy atom. The van der Waals surface area contributed by atoms with E-state index in [1.54, 1.807) is 72.8 Å². The molecule has 0 unspecified atom stereocenters. The highest BCUT2D eigenvalue weighted by molar-refractivity contribution is 7.90. The molecule has 9 heteroatoms. The molecule has 38 heavy (non-hydrogen) atoms. The third-order valence-electron chi connectivity index (χ3n) is 5.76. The summed E-state index contributed by atoms with van der Waals surface area (Å²) < 4.78 is 24.4. The molecule has 0 spiro atoms. The third kappa shape index (κ3) is 7.21. The number of halogens is 1. The van der Waals surface area contributed by atoms with Crippen LogP contribution in [0.3, 0.4) is 0 Å². The molecule has 0 radical (unpaired) electrons. The Bertz CT molecular complexity index is 1520. The largest absolute Gasteiger partial charge is 0.326 e. The van der Waals surface area contributed by atoms with Gasteiger partial charge in [0, 0.05) is 34.6 Å². The van der Waals surface area contributed by atoms with Gasteiger partial charge in [0.05, 0.1) is 4.90 Å². The SMILES string of the molecule is CS(=O)(=O)c1ccccc1-c1ccc(NC(=O)[C@@H](Cc2ccccc2)NC(=O)Nc2ccc(Cl)cc2)cc1. The number of urea groups is 1. The van der Waals surface area contributed by atoms with Crippen molar-refractivity contribution in [1.29, 1.82) is 0 Å². The molecule has 4 aromatic rings. The van der Waals surface area contributed by atoms with Crippen LogP contribution >= 0.6 is 11.6 Å². The second-order valence-electron chi connectivity index (χ2n) is 8.68. The molecule has 194 valence electrons. The predicted molar refractivity (Wildman–Crippen MR) is 151 cm³/mol.